The molecule has 72 valence electrons. The van der Waals surface area contributed by atoms with Crippen molar-refractivity contribution in [3.63, 3.8) is 0 Å². The zero-order chi connectivity index (χ0) is 10.4. The minimum atomic E-state index is 0.994. The third-order valence-corrected chi connectivity index (χ3v) is 1.86. The van der Waals surface area contributed by atoms with Gasteiger partial charge in [0.05, 0.1) is 0 Å². The van der Waals surface area contributed by atoms with Crippen molar-refractivity contribution in [2.24, 2.45) is 0 Å². The largest absolute Gasteiger partial charge is 0.264 e. The number of nitrogens with zero attached hydrogens (tertiary/aromatic N) is 1. The fourth-order valence-electron chi connectivity index (χ4n) is 1.22. The first-order chi connectivity index (χ1) is 6.74. The summed E-state index contributed by atoms with van der Waals surface area (Å²) in [6.07, 6.45) is 9.71. The Morgan fingerprint density at radius 3 is 2.86 bits per heavy atom. The highest BCUT2D eigenvalue weighted by Gasteiger charge is 1.93. The Balaban J connectivity index is 2.83. The van der Waals surface area contributed by atoms with E-state index >= 15 is 0 Å². The SMILES string of the molecule is C=C(/C=C(C)/C=C\C)c1cccnc1. The van der Waals surface area contributed by atoms with Crippen molar-refractivity contribution >= 4 is 5.57 Å². The third-order valence-electron chi connectivity index (χ3n) is 1.86. The molecule has 1 rings (SSSR count). The predicted molar refractivity (Wildman–Crippen MR) is 61.8 cm³/mol. The molecule has 14 heavy (non-hydrogen) atoms. The van der Waals surface area contributed by atoms with Gasteiger partial charge in [-0.3, -0.25) is 4.98 Å². The molecule has 0 aliphatic heterocycles. The van der Waals surface area contributed by atoms with Crippen LogP contribution in [0.25, 0.3) is 5.57 Å². The third kappa shape index (κ3) is 3.02. The quantitative estimate of drug-likeness (QED) is 0.655. The van der Waals surface area contributed by atoms with E-state index in [1.165, 1.54) is 5.57 Å². The Morgan fingerprint density at radius 2 is 2.29 bits per heavy atom. The molecule has 0 amide bonds. The van der Waals surface area contributed by atoms with E-state index in [9.17, 15) is 0 Å². The second-order valence-electron chi connectivity index (χ2n) is 3.16. The Morgan fingerprint density at radius 1 is 1.50 bits per heavy atom. The number of hydrogen-bond donors (Lipinski definition) is 0. The minimum Gasteiger partial charge on any atom is -0.264 e. The molecule has 0 saturated heterocycles. The molecule has 0 N–H and O–H groups in total. The summed E-state index contributed by atoms with van der Waals surface area (Å²) in [5.74, 6) is 0. The van der Waals surface area contributed by atoms with Crippen molar-refractivity contribution in [2.45, 2.75) is 13.8 Å². The average molecular weight is 185 g/mol. The number of rotatable bonds is 3. The molecule has 0 saturated carbocycles. The van der Waals surface area contributed by atoms with Crippen LogP contribution in [0, 0.1) is 0 Å². The van der Waals surface area contributed by atoms with E-state index in [0.29, 0.717) is 0 Å². The Kier molecular flexibility index (Phi) is 3.86. The van der Waals surface area contributed by atoms with Gasteiger partial charge in [-0.1, -0.05) is 36.4 Å². The monoisotopic (exact) mass is 185 g/mol. The van der Waals surface area contributed by atoms with Gasteiger partial charge in [0.1, 0.15) is 0 Å². The van der Waals surface area contributed by atoms with Gasteiger partial charge in [-0.2, -0.15) is 0 Å². The van der Waals surface area contributed by atoms with E-state index in [1.807, 2.05) is 31.3 Å². The molecular formula is C13H15N. The van der Waals surface area contributed by atoms with Gasteiger partial charge in [-0.25, -0.2) is 0 Å². The molecule has 0 bridgehead atoms. The summed E-state index contributed by atoms with van der Waals surface area (Å²) in [5, 5.41) is 0. The smallest absolute Gasteiger partial charge is 0.0346 e. The molecule has 1 nitrogen and oxygen atoms in total. The number of hydrogen-bond acceptors (Lipinski definition) is 1. The molecular weight excluding hydrogens is 170 g/mol. The lowest BCUT2D eigenvalue weighted by Gasteiger charge is -1.99. The van der Waals surface area contributed by atoms with Gasteiger partial charge in [0.15, 0.2) is 0 Å². The minimum absolute atomic E-state index is 0.994. The van der Waals surface area contributed by atoms with Crippen LogP contribution in [0.3, 0.4) is 0 Å². The lowest BCUT2D eigenvalue weighted by Crippen LogP contribution is -1.81. The van der Waals surface area contributed by atoms with E-state index in [4.69, 9.17) is 0 Å². The second kappa shape index (κ2) is 5.18. The molecule has 1 heteroatoms. The molecule has 1 aromatic heterocycles. The molecule has 0 fully saturated rings. The number of pyridine rings is 1. The predicted octanol–water partition coefficient (Wildman–Crippen LogP) is 3.62. The first-order valence-electron chi connectivity index (χ1n) is 4.64. The first-order valence-corrected chi connectivity index (χ1v) is 4.64. The van der Waals surface area contributed by atoms with Crippen LogP contribution in [0.2, 0.25) is 0 Å². The van der Waals surface area contributed by atoms with Gasteiger partial charge >= 0.3 is 0 Å². The van der Waals surface area contributed by atoms with Crippen molar-refractivity contribution in [1.82, 2.24) is 4.98 Å². The van der Waals surface area contributed by atoms with Gasteiger partial charge in [0, 0.05) is 12.4 Å². The standard InChI is InChI=1S/C13H15N/c1-4-6-11(2)9-12(3)13-7-5-8-14-10-13/h4-10H,3H2,1-2H3/b6-4-,11-9+. The zero-order valence-corrected chi connectivity index (χ0v) is 8.70. The highest BCUT2D eigenvalue weighted by Crippen LogP contribution is 2.14. The van der Waals surface area contributed by atoms with Crippen LogP contribution in [0.4, 0.5) is 0 Å². The van der Waals surface area contributed by atoms with Crippen LogP contribution in [0.5, 0.6) is 0 Å². The zero-order valence-electron chi connectivity index (χ0n) is 8.70. The van der Waals surface area contributed by atoms with Crippen molar-refractivity contribution in [1.29, 1.82) is 0 Å². The van der Waals surface area contributed by atoms with E-state index in [2.05, 4.69) is 30.6 Å². The molecule has 0 unspecified atom stereocenters. The van der Waals surface area contributed by atoms with Gasteiger partial charge in [0.25, 0.3) is 0 Å². The van der Waals surface area contributed by atoms with Crippen LogP contribution in [-0.2, 0) is 0 Å². The summed E-state index contributed by atoms with van der Waals surface area (Å²) in [5.41, 5.74) is 3.26. The van der Waals surface area contributed by atoms with Gasteiger partial charge < -0.3 is 0 Å². The maximum atomic E-state index is 4.05. The second-order valence-corrected chi connectivity index (χ2v) is 3.16. The molecule has 0 aliphatic carbocycles. The first kappa shape index (κ1) is 10.5. The van der Waals surface area contributed by atoms with E-state index in [1.54, 1.807) is 6.20 Å². The van der Waals surface area contributed by atoms with Crippen LogP contribution in [0.15, 0.2) is 54.9 Å². The summed E-state index contributed by atoms with van der Waals surface area (Å²) in [4.78, 5) is 4.05. The summed E-state index contributed by atoms with van der Waals surface area (Å²) < 4.78 is 0. The Hall–Kier alpha value is -1.63. The highest BCUT2D eigenvalue weighted by molar-refractivity contribution is 5.72. The van der Waals surface area contributed by atoms with E-state index in [-0.39, 0.29) is 0 Å². The van der Waals surface area contributed by atoms with Crippen molar-refractivity contribution in [3.8, 4) is 0 Å². The van der Waals surface area contributed by atoms with Crippen LogP contribution < -0.4 is 0 Å². The fourth-order valence-corrected chi connectivity index (χ4v) is 1.22. The van der Waals surface area contributed by atoms with E-state index in [0.717, 1.165) is 11.1 Å². The van der Waals surface area contributed by atoms with Crippen LogP contribution >= 0.6 is 0 Å². The van der Waals surface area contributed by atoms with Crippen molar-refractivity contribution in [2.75, 3.05) is 0 Å². The summed E-state index contributed by atoms with van der Waals surface area (Å²) in [6, 6.07) is 3.92. The molecule has 1 aromatic rings. The Labute approximate surface area is 85.5 Å². The average Bonchev–Trinajstić information content (AvgIpc) is 2.19. The lowest BCUT2D eigenvalue weighted by atomic mass is 10.1. The van der Waals surface area contributed by atoms with Crippen LogP contribution in [0.1, 0.15) is 19.4 Å². The molecule has 0 radical (unpaired) electrons. The molecule has 0 spiro atoms. The van der Waals surface area contributed by atoms with Gasteiger partial charge in [0.2, 0.25) is 0 Å². The number of aromatic nitrogens is 1. The van der Waals surface area contributed by atoms with Crippen LogP contribution in [-0.4, -0.2) is 4.98 Å². The van der Waals surface area contributed by atoms with Crippen molar-refractivity contribution < 1.29 is 0 Å². The normalized spacial score (nSPS) is 12.0. The van der Waals surface area contributed by atoms with Gasteiger partial charge in [-0.05, 0) is 31.1 Å². The highest BCUT2D eigenvalue weighted by atomic mass is 14.6. The van der Waals surface area contributed by atoms with Gasteiger partial charge in [-0.15, -0.1) is 0 Å². The number of allylic oxidation sites excluding steroid dienone is 5. The van der Waals surface area contributed by atoms with Crippen molar-refractivity contribution in [3.05, 3.63) is 60.5 Å². The molecule has 0 aliphatic rings. The summed E-state index contributed by atoms with van der Waals surface area (Å²) >= 11 is 0. The topological polar surface area (TPSA) is 12.9 Å². The summed E-state index contributed by atoms with van der Waals surface area (Å²) in [7, 11) is 0. The molecule has 0 atom stereocenters. The molecule has 0 aromatic carbocycles. The maximum Gasteiger partial charge on any atom is 0.0346 e. The lowest BCUT2D eigenvalue weighted by molar-refractivity contribution is 1.31. The van der Waals surface area contributed by atoms with E-state index < -0.39 is 0 Å². The molecule has 1 heterocycles. The fraction of sp³-hybridized carbons (Fsp3) is 0.154. The summed E-state index contributed by atoms with van der Waals surface area (Å²) in [6.45, 7) is 8.06. The Bertz CT molecular complexity index is 358. The maximum absolute atomic E-state index is 4.05.